The van der Waals surface area contributed by atoms with Crippen molar-refractivity contribution in [1.82, 2.24) is 9.80 Å². The van der Waals surface area contributed by atoms with Crippen molar-refractivity contribution in [2.45, 2.75) is 31.1 Å². The monoisotopic (exact) mass is 407 g/mol. The predicted molar refractivity (Wildman–Crippen MR) is 113 cm³/mol. The van der Waals surface area contributed by atoms with E-state index in [4.69, 9.17) is 0 Å². The first-order valence-electron chi connectivity index (χ1n) is 10.8. The van der Waals surface area contributed by atoms with Gasteiger partial charge in [-0.25, -0.2) is 9.18 Å². The second kappa shape index (κ2) is 7.42. The normalized spacial score (nSPS) is 20.0. The smallest absolute Gasteiger partial charge is 0.324 e. The van der Waals surface area contributed by atoms with Crippen LogP contribution in [0.4, 0.5) is 14.9 Å². The number of nitrogens with zero attached hydrogens (tertiary/aromatic N) is 3. The topological polar surface area (TPSA) is 43.9 Å². The Bertz CT molecular complexity index is 978. The second-order valence-corrected chi connectivity index (χ2v) is 8.66. The number of likely N-dealkylation sites (tertiary alicyclic amines) is 2. The van der Waals surface area contributed by atoms with Gasteiger partial charge in [-0.1, -0.05) is 24.3 Å². The number of anilines is 1. The molecule has 0 saturated carbocycles. The summed E-state index contributed by atoms with van der Waals surface area (Å²) < 4.78 is 13.5. The first-order valence-corrected chi connectivity index (χ1v) is 10.8. The van der Waals surface area contributed by atoms with Crippen molar-refractivity contribution in [1.29, 1.82) is 0 Å². The minimum atomic E-state index is -0.393. The third-order valence-corrected chi connectivity index (χ3v) is 6.91. The molecule has 0 aromatic heterocycles. The fourth-order valence-corrected chi connectivity index (χ4v) is 5.25. The van der Waals surface area contributed by atoms with Crippen molar-refractivity contribution in [2.75, 3.05) is 37.6 Å². The number of rotatable bonds is 1. The van der Waals surface area contributed by atoms with Crippen LogP contribution in [0.5, 0.6) is 0 Å². The Morgan fingerprint density at radius 1 is 0.867 bits per heavy atom. The number of piperidine rings is 1. The van der Waals surface area contributed by atoms with Gasteiger partial charge in [-0.05, 0) is 55.5 Å². The summed E-state index contributed by atoms with van der Waals surface area (Å²) in [7, 11) is 0. The highest BCUT2D eigenvalue weighted by Crippen LogP contribution is 2.47. The van der Waals surface area contributed by atoms with E-state index in [0.29, 0.717) is 25.2 Å². The summed E-state index contributed by atoms with van der Waals surface area (Å²) in [5.74, 6) is -0.518. The summed E-state index contributed by atoms with van der Waals surface area (Å²) >= 11 is 0. The van der Waals surface area contributed by atoms with Crippen molar-refractivity contribution in [3.8, 4) is 0 Å². The minimum Gasteiger partial charge on any atom is -0.339 e. The lowest BCUT2D eigenvalue weighted by molar-refractivity contribution is 0.0673. The van der Waals surface area contributed by atoms with Crippen LogP contribution in [0.3, 0.4) is 0 Å². The second-order valence-electron chi connectivity index (χ2n) is 8.66. The number of amides is 3. The summed E-state index contributed by atoms with van der Waals surface area (Å²) in [5.41, 5.74) is 2.50. The summed E-state index contributed by atoms with van der Waals surface area (Å²) in [6.45, 7) is 3.55. The van der Waals surface area contributed by atoms with Crippen molar-refractivity contribution in [3.63, 3.8) is 0 Å². The van der Waals surface area contributed by atoms with E-state index in [-0.39, 0.29) is 17.4 Å². The lowest BCUT2D eigenvalue weighted by Gasteiger charge is -2.40. The van der Waals surface area contributed by atoms with Crippen LogP contribution in [0.2, 0.25) is 0 Å². The Balaban J connectivity index is 1.36. The summed E-state index contributed by atoms with van der Waals surface area (Å²) in [6.07, 6.45) is 3.75. The Morgan fingerprint density at radius 3 is 2.33 bits per heavy atom. The zero-order valence-electron chi connectivity index (χ0n) is 17.0. The van der Waals surface area contributed by atoms with Crippen LogP contribution < -0.4 is 4.90 Å². The van der Waals surface area contributed by atoms with Crippen LogP contribution in [0.15, 0.2) is 48.5 Å². The van der Waals surface area contributed by atoms with E-state index in [9.17, 15) is 14.0 Å². The van der Waals surface area contributed by atoms with E-state index >= 15 is 0 Å². The van der Waals surface area contributed by atoms with Gasteiger partial charge >= 0.3 is 6.03 Å². The molecule has 0 radical (unpaired) electrons. The number of para-hydroxylation sites is 1. The molecular formula is C24H26FN3O2. The Kier molecular flexibility index (Phi) is 4.72. The van der Waals surface area contributed by atoms with Gasteiger partial charge in [0.1, 0.15) is 5.82 Å². The van der Waals surface area contributed by atoms with E-state index in [2.05, 4.69) is 6.07 Å². The van der Waals surface area contributed by atoms with Gasteiger partial charge in [-0.15, -0.1) is 0 Å². The molecule has 0 atom stereocenters. The van der Waals surface area contributed by atoms with Gasteiger partial charge in [0.25, 0.3) is 5.91 Å². The van der Waals surface area contributed by atoms with Crippen molar-refractivity contribution < 1.29 is 14.0 Å². The zero-order valence-corrected chi connectivity index (χ0v) is 17.0. The molecule has 3 heterocycles. The number of fused-ring (bicyclic) bond motifs is 2. The maximum atomic E-state index is 13.5. The molecule has 5 rings (SSSR count). The van der Waals surface area contributed by atoms with Gasteiger partial charge < -0.3 is 9.80 Å². The molecule has 3 aliphatic heterocycles. The van der Waals surface area contributed by atoms with Gasteiger partial charge in [0, 0.05) is 49.4 Å². The molecule has 6 heteroatoms. The maximum Gasteiger partial charge on any atom is 0.324 e. The van der Waals surface area contributed by atoms with E-state index in [1.165, 1.54) is 17.7 Å². The molecule has 2 aromatic rings. The number of halogens is 1. The minimum absolute atomic E-state index is 0.107. The van der Waals surface area contributed by atoms with Gasteiger partial charge in [-0.2, -0.15) is 0 Å². The standard InChI is InChI=1S/C24H26FN3O2/c25-19-7-5-6-18(16-19)22(29)26-14-10-24(11-15-26)17-28(21-9-2-1-8-20(21)24)23(30)27-12-3-4-13-27/h1-2,5-9,16H,3-4,10-15,17H2. The van der Waals surface area contributed by atoms with Crippen molar-refractivity contribution in [2.24, 2.45) is 0 Å². The number of hydrogen-bond donors (Lipinski definition) is 0. The molecule has 2 saturated heterocycles. The lowest BCUT2D eigenvalue weighted by atomic mass is 9.74. The molecule has 3 aliphatic rings. The fraction of sp³-hybridized carbons (Fsp3) is 0.417. The molecular weight excluding hydrogens is 381 g/mol. The average Bonchev–Trinajstić information content (AvgIpc) is 3.41. The van der Waals surface area contributed by atoms with Gasteiger partial charge in [0.15, 0.2) is 0 Å². The fourth-order valence-electron chi connectivity index (χ4n) is 5.25. The van der Waals surface area contributed by atoms with Gasteiger partial charge in [0.2, 0.25) is 0 Å². The van der Waals surface area contributed by atoms with Crippen LogP contribution in [0.1, 0.15) is 41.6 Å². The molecule has 156 valence electrons. The maximum absolute atomic E-state index is 13.5. The highest BCUT2D eigenvalue weighted by molar-refractivity contribution is 5.96. The number of urea groups is 1. The van der Waals surface area contributed by atoms with Gasteiger partial charge in [0.05, 0.1) is 0 Å². The van der Waals surface area contributed by atoms with Crippen molar-refractivity contribution in [3.05, 3.63) is 65.5 Å². The third-order valence-electron chi connectivity index (χ3n) is 6.91. The van der Waals surface area contributed by atoms with Crippen molar-refractivity contribution >= 4 is 17.6 Å². The number of carbonyl (C=O) groups is 2. The third kappa shape index (κ3) is 3.15. The number of hydrogen-bond acceptors (Lipinski definition) is 2. The Morgan fingerprint density at radius 2 is 1.60 bits per heavy atom. The molecule has 2 aromatic carbocycles. The lowest BCUT2D eigenvalue weighted by Crippen LogP contribution is -2.49. The Hall–Kier alpha value is -2.89. The van der Waals surface area contributed by atoms with Crippen LogP contribution >= 0.6 is 0 Å². The van der Waals surface area contributed by atoms with Crippen LogP contribution in [-0.4, -0.2) is 54.5 Å². The number of benzene rings is 2. The average molecular weight is 407 g/mol. The molecule has 3 amide bonds. The highest BCUT2D eigenvalue weighted by atomic mass is 19.1. The summed E-state index contributed by atoms with van der Waals surface area (Å²) in [5, 5.41) is 0. The van der Waals surface area contributed by atoms with E-state index in [1.807, 2.05) is 32.9 Å². The molecule has 1 spiro atoms. The van der Waals surface area contributed by atoms with Crippen LogP contribution in [0.25, 0.3) is 0 Å². The largest absolute Gasteiger partial charge is 0.339 e. The summed E-state index contributed by atoms with van der Waals surface area (Å²) in [6, 6.07) is 14.2. The molecule has 30 heavy (non-hydrogen) atoms. The predicted octanol–water partition coefficient (Wildman–Crippen LogP) is 4.04. The van der Waals surface area contributed by atoms with E-state index in [0.717, 1.165) is 44.5 Å². The first-order chi connectivity index (χ1) is 14.6. The first kappa shape index (κ1) is 19.1. The Labute approximate surface area is 176 Å². The molecule has 0 bridgehead atoms. The zero-order chi connectivity index (χ0) is 20.7. The molecule has 0 aliphatic carbocycles. The molecule has 5 nitrogen and oxygen atoms in total. The summed E-state index contributed by atoms with van der Waals surface area (Å²) in [4.78, 5) is 31.7. The van der Waals surface area contributed by atoms with Gasteiger partial charge in [-0.3, -0.25) is 9.69 Å². The molecule has 0 N–H and O–H groups in total. The van der Waals surface area contributed by atoms with E-state index in [1.54, 1.807) is 12.1 Å². The quantitative estimate of drug-likeness (QED) is 0.716. The van der Waals surface area contributed by atoms with E-state index < -0.39 is 5.82 Å². The van der Waals surface area contributed by atoms with Crippen LogP contribution in [0, 0.1) is 5.82 Å². The SMILES string of the molecule is O=C(c1cccc(F)c1)N1CCC2(CC1)CN(C(=O)N1CCCC1)c1ccccc12. The number of carbonyl (C=O) groups excluding carboxylic acids is 2. The highest BCUT2D eigenvalue weighted by Gasteiger charge is 2.47. The molecule has 0 unspecified atom stereocenters. The van der Waals surface area contributed by atoms with Crippen LogP contribution in [-0.2, 0) is 5.41 Å². The molecule has 2 fully saturated rings.